The SMILES string of the molecule is COC(=O)/C=C/c1sc2ccc(Cl)c3c2c1CN(C)CC3.Cl. The molecular formula is C16H17Cl2NO2S. The van der Waals surface area contributed by atoms with Crippen LogP contribution in [-0.4, -0.2) is 31.6 Å². The summed E-state index contributed by atoms with van der Waals surface area (Å²) in [6, 6.07) is 4.04. The molecule has 0 N–H and O–H groups in total. The number of ether oxygens (including phenoxy) is 1. The molecule has 0 bridgehead atoms. The van der Waals surface area contributed by atoms with Crippen molar-refractivity contribution in [3.05, 3.63) is 39.2 Å². The lowest BCUT2D eigenvalue weighted by Crippen LogP contribution is -2.18. The number of carbonyl (C=O) groups excluding carboxylic acids is 1. The van der Waals surface area contributed by atoms with Gasteiger partial charge in [0, 0.05) is 39.2 Å². The number of thiophene rings is 1. The van der Waals surface area contributed by atoms with Gasteiger partial charge in [-0.1, -0.05) is 11.6 Å². The highest BCUT2D eigenvalue weighted by Gasteiger charge is 2.20. The number of hydrogen-bond acceptors (Lipinski definition) is 4. The highest BCUT2D eigenvalue weighted by Crippen LogP contribution is 2.39. The minimum Gasteiger partial charge on any atom is -0.466 e. The van der Waals surface area contributed by atoms with E-state index in [1.54, 1.807) is 11.3 Å². The molecule has 3 nitrogen and oxygen atoms in total. The molecule has 2 heterocycles. The van der Waals surface area contributed by atoms with E-state index < -0.39 is 0 Å². The Bertz CT molecular complexity index is 739. The lowest BCUT2D eigenvalue weighted by Gasteiger charge is -2.13. The quantitative estimate of drug-likeness (QED) is 0.597. The fourth-order valence-electron chi connectivity index (χ4n) is 2.72. The topological polar surface area (TPSA) is 29.5 Å². The number of nitrogens with zero attached hydrogens (tertiary/aromatic N) is 1. The van der Waals surface area contributed by atoms with Gasteiger partial charge in [-0.05, 0) is 42.8 Å². The molecular weight excluding hydrogens is 341 g/mol. The van der Waals surface area contributed by atoms with Crippen LogP contribution < -0.4 is 0 Å². The van der Waals surface area contributed by atoms with E-state index in [4.69, 9.17) is 11.6 Å². The Morgan fingerprint density at radius 2 is 2.18 bits per heavy atom. The standard InChI is InChI=1S/C16H16ClNO2S.ClH/c1-18-8-7-10-12(17)3-4-14-16(10)11(9-18)13(21-14)5-6-15(19)20-2;/h3-6H,7-9H2,1-2H3;1H/b6-5+;. The molecule has 1 aliphatic heterocycles. The molecule has 3 rings (SSSR count). The van der Waals surface area contributed by atoms with Gasteiger partial charge in [0.1, 0.15) is 0 Å². The zero-order valence-electron chi connectivity index (χ0n) is 12.4. The van der Waals surface area contributed by atoms with Crippen LogP contribution in [-0.2, 0) is 22.5 Å². The molecule has 1 aromatic carbocycles. The van der Waals surface area contributed by atoms with Gasteiger partial charge in [-0.3, -0.25) is 0 Å². The van der Waals surface area contributed by atoms with Crippen molar-refractivity contribution in [3.63, 3.8) is 0 Å². The lowest BCUT2D eigenvalue weighted by atomic mass is 10.0. The molecule has 1 aliphatic rings. The van der Waals surface area contributed by atoms with Crippen molar-refractivity contribution < 1.29 is 9.53 Å². The molecule has 0 amide bonds. The number of esters is 1. The maximum atomic E-state index is 11.3. The second-order valence-electron chi connectivity index (χ2n) is 5.19. The molecule has 6 heteroatoms. The van der Waals surface area contributed by atoms with Crippen LogP contribution >= 0.6 is 35.3 Å². The number of likely N-dealkylation sites (N-methyl/N-ethyl adjacent to an activating group) is 1. The second-order valence-corrected chi connectivity index (χ2v) is 6.68. The molecule has 0 unspecified atom stereocenters. The Labute approximate surface area is 144 Å². The number of rotatable bonds is 2. The summed E-state index contributed by atoms with van der Waals surface area (Å²) in [6.07, 6.45) is 4.28. The van der Waals surface area contributed by atoms with Gasteiger partial charge in [0.2, 0.25) is 0 Å². The molecule has 22 heavy (non-hydrogen) atoms. The Hall–Kier alpha value is -1.07. The fraction of sp³-hybridized carbons (Fsp3) is 0.312. The molecule has 0 radical (unpaired) electrons. The van der Waals surface area contributed by atoms with Crippen LogP contribution in [0.4, 0.5) is 0 Å². The van der Waals surface area contributed by atoms with E-state index >= 15 is 0 Å². The maximum absolute atomic E-state index is 11.3. The minimum atomic E-state index is -0.333. The van der Waals surface area contributed by atoms with E-state index in [-0.39, 0.29) is 18.4 Å². The van der Waals surface area contributed by atoms with Crippen molar-refractivity contribution in [1.82, 2.24) is 4.90 Å². The van der Waals surface area contributed by atoms with E-state index in [0.29, 0.717) is 0 Å². The molecule has 0 atom stereocenters. The molecule has 0 fully saturated rings. The van der Waals surface area contributed by atoms with Crippen LogP contribution in [0, 0.1) is 0 Å². The molecule has 118 valence electrons. The van der Waals surface area contributed by atoms with Crippen LogP contribution in [0.1, 0.15) is 16.0 Å². The second kappa shape index (κ2) is 7.01. The van der Waals surface area contributed by atoms with E-state index in [9.17, 15) is 4.79 Å². The van der Waals surface area contributed by atoms with Gasteiger partial charge in [-0.2, -0.15) is 0 Å². The normalized spacial score (nSPS) is 14.9. The average molecular weight is 358 g/mol. The first-order chi connectivity index (χ1) is 10.1. The van der Waals surface area contributed by atoms with Gasteiger partial charge in [-0.25, -0.2) is 4.79 Å². The van der Waals surface area contributed by atoms with Crippen LogP contribution in [0.15, 0.2) is 18.2 Å². The van der Waals surface area contributed by atoms with Crippen molar-refractivity contribution in [2.24, 2.45) is 0 Å². The molecule has 0 spiro atoms. The van der Waals surface area contributed by atoms with Crippen molar-refractivity contribution >= 4 is 57.5 Å². The summed E-state index contributed by atoms with van der Waals surface area (Å²) in [5, 5.41) is 2.10. The van der Waals surface area contributed by atoms with Gasteiger partial charge < -0.3 is 9.64 Å². The smallest absolute Gasteiger partial charge is 0.330 e. The summed E-state index contributed by atoms with van der Waals surface area (Å²) in [4.78, 5) is 14.7. The summed E-state index contributed by atoms with van der Waals surface area (Å²) in [6.45, 7) is 1.85. The van der Waals surface area contributed by atoms with Crippen LogP contribution in [0.5, 0.6) is 0 Å². The number of methoxy groups -OCH3 is 1. The largest absolute Gasteiger partial charge is 0.466 e. The van der Waals surface area contributed by atoms with Gasteiger partial charge in [0.05, 0.1) is 7.11 Å². The monoisotopic (exact) mass is 357 g/mol. The average Bonchev–Trinajstić information content (AvgIpc) is 2.70. The summed E-state index contributed by atoms with van der Waals surface area (Å²) in [5.41, 5.74) is 2.48. The third-order valence-electron chi connectivity index (χ3n) is 3.78. The molecule has 0 aliphatic carbocycles. The maximum Gasteiger partial charge on any atom is 0.330 e. The van der Waals surface area contributed by atoms with Crippen molar-refractivity contribution in [2.75, 3.05) is 20.7 Å². The highest BCUT2D eigenvalue weighted by molar-refractivity contribution is 7.20. The predicted octanol–water partition coefficient (Wildman–Crippen LogP) is 4.15. The van der Waals surface area contributed by atoms with Crippen molar-refractivity contribution in [1.29, 1.82) is 0 Å². The van der Waals surface area contributed by atoms with Crippen LogP contribution in [0.3, 0.4) is 0 Å². The van der Waals surface area contributed by atoms with Crippen molar-refractivity contribution in [2.45, 2.75) is 13.0 Å². The number of halogens is 2. The third kappa shape index (κ3) is 3.15. The predicted molar refractivity (Wildman–Crippen MR) is 95.2 cm³/mol. The van der Waals surface area contributed by atoms with Crippen LogP contribution in [0.25, 0.3) is 16.2 Å². The molecule has 1 aromatic heterocycles. The Kier molecular flexibility index (Phi) is 5.50. The minimum absolute atomic E-state index is 0. The summed E-state index contributed by atoms with van der Waals surface area (Å²) >= 11 is 8.08. The first kappa shape index (κ1) is 17.3. The number of benzene rings is 1. The van der Waals surface area contributed by atoms with E-state index in [1.807, 2.05) is 12.1 Å². The van der Waals surface area contributed by atoms with E-state index in [0.717, 1.165) is 29.4 Å². The summed E-state index contributed by atoms with van der Waals surface area (Å²) < 4.78 is 5.90. The molecule has 2 aromatic rings. The Morgan fingerprint density at radius 1 is 1.41 bits per heavy atom. The number of carbonyl (C=O) groups is 1. The van der Waals surface area contributed by atoms with Gasteiger partial charge in [0.25, 0.3) is 0 Å². The Morgan fingerprint density at radius 3 is 2.91 bits per heavy atom. The first-order valence-corrected chi connectivity index (χ1v) is 7.97. The zero-order valence-corrected chi connectivity index (χ0v) is 14.8. The van der Waals surface area contributed by atoms with Gasteiger partial charge in [-0.15, -0.1) is 23.7 Å². The molecule has 0 saturated heterocycles. The third-order valence-corrected chi connectivity index (χ3v) is 5.30. The van der Waals surface area contributed by atoms with Crippen LogP contribution in [0.2, 0.25) is 5.02 Å². The van der Waals surface area contributed by atoms with Crippen molar-refractivity contribution in [3.8, 4) is 0 Å². The Balaban J connectivity index is 0.00000176. The van der Waals surface area contributed by atoms with E-state index in [1.165, 1.54) is 34.4 Å². The zero-order chi connectivity index (χ0) is 15.0. The van der Waals surface area contributed by atoms with Gasteiger partial charge >= 0.3 is 5.97 Å². The van der Waals surface area contributed by atoms with Gasteiger partial charge in [0.15, 0.2) is 0 Å². The number of hydrogen-bond donors (Lipinski definition) is 0. The van der Waals surface area contributed by atoms with E-state index in [2.05, 4.69) is 22.8 Å². The fourth-order valence-corrected chi connectivity index (χ4v) is 4.12. The first-order valence-electron chi connectivity index (χ1n) is 6.77. The highest BCUT2D eigenvalue weighted by atomic mass is 35.5. The molecule has 0 saturated carbocycles. The summed E-state index contributed by atoms with van der Waals surface area (Å²) in [7, 11) is 3.50. The lowest BCUT2D eigenvalue weighted by molar-refractivity contribution is -0.134. The summed E-state index contributed by atoms with van der Waals surface area (Å²) in [5.74, 6) is -0.333.